The summed E-state index contributed by atoms with van der Waals surface area (Å²) in [6.45, 7) is 4.71. The highest BCUT2D eigenvalue weighted by Crippen LogP contribution is 2.13. The third kappa shape index (κ3) is 6.37. The number of hydrogen-bond acceptors (Lipinski definition) is 4. The Bertz CT molecular complexity index is 862. The molecule has 27 heavy (non-hydrogen) atoms. The highest BCUT2D eigenvalue weighted by Gasteiger charge is 2.15. The molecule has 0 saturated heterocycles. The Kier molecular flexibility index (Phi) is 7.38. The maximum atomic E-state index is 12.2. The maximum Gasteiger partial charge on any atom is 0.251 e. The van der Waals surface area contributed by atoms with Crippen LogP contribution >= 0.6 is 0 Å². The predicted octanol–water partition coefficient (Wildman–Crippen LogP) is 2.60. The van der Waals surface area contributed by atoms with Crippen molar-refractivity contribution in [2.75, 3.05) is 20.2 Å². The molecule has 0 aliphatic carbocycles. The summed E-state index contributed by atoms with van der Waals surface area (Å²) >= 11 is 0. The number of carbonyl (C=O) groups is 1. The van der Waals surface area contributed by atoms with Crippen molar-refractivity contribution in [3.05, 3.63) is 59.7 Å². The summed E-state index contributed by atoms with van der Waals surface area (Å²) in [7, 11) is -1.94. The Balaban J connectivity index is 1.91. The van der Waals surface area contributed by atoms with Crippen LogP contribution in [0.15, 0.2) is 53.4 Å². The third-order valence-electron chi connectivity index (χ3n) is 3.94. The van der Waals surface area contributed by atoms with Crippen LogP contribution in [0.5, 0.6) is 5.75 Å². The van der Waals surface area contributed by atoms with E-state index in [4.69, 9.17) is 4.74 Å². The van der Waals surface area contributed by atoms with Crippen LogP contribution in [0.4, 0.5) is 0 Å². The average Bonchev–Trinajstić information content (AvgIpc) is 2.66. The van der Waals surface area contributed by atoms with Gasteiger partial charge in [0.25, 0.3) is 5.91 Å². The number of amides is 1. The fourth-order valence-electron chi connectivity index (χ4n) is 2.40. The van der Waals surface area contributed by atoms with Crippen LogP contribution in [-0.2, 0) is 16.4 Å². The van der Waals surface area contributed by atoms with Crippen LogP contribution in [0.25, 0.3) is 0 Å². The van der Waals surface area contributed by atoms with E-state index in [0.29, 0.717) is 25.1 Å². The van der Waals surface area contributed by atoms with Gasteiger partial charge in [-0.2, -0.15) is 0 Å². The van der Waals surface area contributed by atoms with Crippen molar-refractivity contribution in [2.45, 2.75) is 25.2 Å². The molecule has 0 unspecified atom stereocenters. The van der Waals surface area contributed by atoms with Crippen molar-refractivity contribution < 1.29 is 17.9 Å². The highest BCUT2D eigenvalue weighted by molar-refractivity contribution is 7.89. The minimum absolute atomic E-state index is 0.149. The van der Waals surface area contributed by atoms with Crippen LogP contribution in [0.3, 0.4) is 0 Å². The predicted molar refractivity (Wildman–Crippen MR) is 105 cm³/mol. The summed E-state index contributed by atoms with van der Waals surface area (Å²) in [5.41, 5.74) is 1.48. The quantitative estimate of drug-likeness (QED) is 0.689. The molecule has 0 heterocycles. The molecule has 6 nitrogen and oxygen atoms in total. The van der Waals surface area contributed by atoms with Crippen molar-refractivity contribution in [2.24, 2.45) is 5.92 Å². The van der Waals surface area contributed by atoms with Crippen LogP contribution in [0.1, 0.15) is 29.8 Å². The minimum Gasteiger partial charge on any atom is -0.497 e. The Morgan fingerprint density at radius 3 is 2.44 bits per heavy atom. The van der Waals surface area contributed by atoms with Gasteiger partial charge in [0.05, 0.1) is 12.0 Å². The van der Waals surface area contributed by atoms with Crippen LogP contribution in [0.2, 0.25) is 0 Å². The van der Waals surface area contributed by atoms with E-state index < -0.39 is 10.0 Å². The van der Waals surface area contributed by atoms with Gasteiger partial charge in [-0.3, -0.25) is 4.79 Å². The lowest BCUT2D eigenvalue weighted by Crippen LogP contribution is -2.28. The molecule has 0 saturated carbocycles. The fraction of sp³-hybridized carbons (Fsp3) is 0.350. The molecule has 1 amide bonds. The van der Waals surface area contributed by atoms with Crippen LogP contribution in [0, 0.1) is 5.92 Å². The Hall–Kier alpha value is -2.38. The molecule has 7 heteroatoms. The van der Waals surface area contributed by atoms with Crippen molar-refractivity contribution in [3.63, 3.8) is 0 Å². The standard InChI is InChI=1S/C20H26N2O4S/c1-15(2)14-22-27(24,25)19-9-7-17(8-10-19)20(23)21-12-11-16-5-4-6-18(13-16)26-3/h4-10,13,15,22H,11-12,14H2,1-3H3,(H,21,23). The molecule has 0 spiro atoms. The van der Waals surface area contributed by atoms with Crippen molar-refractivity contribution in [3.8, 4) is 5.75 Å². The molecule has 146 valence electrons. The monoisotopic (exact) mass is 390 g/mol. The first kappa shape index (κ1) is 20.9. The smallest absolute Gasteiger partial charge is 0.251 e. The number of hydrogen-bond donors (Lipinski definition) is 2. The zero-order valence-corrected chi connectivity index (χ0v) is 16.7. The van der Waals surface area contributed by atoms with Gasteiger partial charge in [-0.05, 0) is 54.3 Å². The van der Waals surface area contributed by atoms with E-state index in [1.807, 2.05) is 38.1 Å². The van der Waals surface area contributed by atoms with Gasteiger partial charge >= 0.3 is 0 Å². The van der Waals surface area contributed by atoms with Crippen molar-refractivity contribution >= 4 is 15.9 Å². The number of sulfonamides is 1. The Morgan fingerprint density at radius 2 is 1.81 bits per heavy atom. The van der Waals surface area contributed by atoms with Crippen LogP contribution < -0.4 is 14.8 Å². The fourth-order valence-corrected chi connectivity index (χ4v) is 3.61. The lowest BCUT2D eigenvalue weighted by atomic mass is 10.1. The molecule has 0 aliphatic heterocycles. The number of methoxy groups -OCH3 is 1. The molecule has 0 aromatic heterocycles. The number of carbonyl (C=O) groups excluding carboxylic acids is 1. The average molecular weight is 391 g/mol. The summed E-state index contributed by atoms with van der Waals surface area (Å²) in [4.78, 5) is 12.4. The molecule has 2 aromatic rings. The SMILES string of the molecule is COc1cccc(CCNC(=O)c2ccc(S(=O)(=O)NCC(C)C)cc2)c1. The zero-order valence-electron chi connectivity index (χ0n) is 15.9. The lowest BCUT2D eigenvalue weighted by molar-refractivity contribution is 0.0954. The summed E-state index contributed by atoms with van der Waals surface area (Å²) in [6.07, 6.45) is 0.675. The zero-order chi connectivity index (χ0) is 19.9. The second kappa shape index (κ2) is 9.53. The van der Waals surface area contributed by atoms with E-state index in [0.717, 1.165) is 11.3 Å². The third-order valence-corrected chi connectivity index (χ3v) is 5.38. The normalized spacial score (nSPS) is 11.4. The first-order chi connectivity index (χ1) is 12.8. The van der Waals surface area contributed by atoms with Gasteiger partial charge in [0.1, 0.15) is 5.75 Å². The number of benzene rings is 2. The van der Waals surface area contributed by atoms with E-state index in [-0.39, 0.29) is 16.7 Å². The first-order valence-corrected chi connectivity index (χ1v) is 10.3. The Labute approximate surface area is 161 Å². The molecule has 0 atom stereocenters. The number of nitrogens with one attached hydrogen (secondary N) is 2. The molecule has 2 rings (SSSR count). The van der Waals surface area contributed by atoms with Gasteiger partial charge in [0.15, 0.2) is 0 Å². The van der Waals surface area contributed by atoms with Gasteiger partial charge in [0, 0.05) is 18.7 Å². The summed E-state index contributed by atoms with van der Waals surface area (Å²) in [6, 6.07) is 13.6. The van der Waals surface area contributed by atoms with Gasteiger partial charge in [0.2, 0.25) is 10.0 Å². The largest absolute Gasteiger partial charge is 0.497 e. The van der Waals surface area contributed by atoms with Crippen molar-refractivity contribution in [1.29, 1.82) is 0 Å². The molecule has 2 aromatic carbocycles. The van der Waals surface area contributed by atoms with Gasteiger partial charge in [-0.1, -0.05) is 26.0 Å². The van der Waals surface area contributed by atoms with E-state index in [9.17, 15) is 13.2 Å². The first-order valence-electron chi connectivity index (χ1n) is 8.82. The molecular formula is C20H26N2O4S. The van der Waals surface area contributed by atoms with E-state index >= 15 is 0 Å². The molecular weight excluding hydrogens is 364 g/mol. The molecule has 0 fully saturated rings. The van der Waals surface area contributed by atoms with E-state index in [1.165, 1.54) is 24.3 Å². The second-order valence-electron chi connectivity index (χ2n) is 6.63. The summed E-state index contributed by atoms with van der Waals surface area (Å²) in [5.74, 6) is 0.757. The number of rotatable bonds is 9. The maximum absolute atomic E-state index is 12.2. The van der Waals surface area contributed by atoms with Crippen molar-refractivity contribution in [1.82, 2.24) is 10.0 Å². The van der Waals surface area contributed by atoms with E-state index in [1.54, 1.807) is 7.11 Å². The highest BCUT2D eigenvalue weighted by atomic mass is 32.2. The molecule has 0 radical (unpaired) electrons. The molecule has 2 N–H and O–H groups in total. The van der Waals surface area contributed by atoms with Gasteiger partial charge in [-0.15, -0.1) is 0 Å². The van der Waals surface area contributed by atoms with Crippen LogP contribution in [-0.4, -0.2) is 34.5 Å². The molecule has 0 aliphatic rings. The summed E-state index contributed by atoms with van der Waals surface area (Å²) in [5, 5.41) is 2.84. The molecule has 0 bridgehead atoms. The number of ether oxygens (including phenoxy) is 1. The second-order valence-corrected chi connectivity index (χ2v) is 8.39. The lowest BCUT2D eigenvalue weighted by Gasteiger charge is -2.10. The Morgan fingerprint density at radius 1 is 1.11 bits per heavy atom. The van der Waals surface area contributed by atoms with E-state index in [2.05, 4.69) is 10.0 Å². The topological polar surface area (TPSA) is 84.5 Å². The summed E-state index contributed by atoms with van der Waals surface area (Å²) < 4.78 is 32.1. The minimum atomic E-state index is -3.55. The van der Waals surface area contributed by atoms with Gasteiger partial charge in [-0.25, -0.2) is 13.1 Å². The van der Waals surface area contributed by atoms with Gasteiger partial charge < -0.3 is 10.1 Å².